The van der Waals surface area contributed by atoms with Gasteiger partial charge in [0, 0.05) is 28.8 Å². The highest BCUT2D eigenvalue weighted by Crippen LogP contribution is 2.24. The van der Waals surface area contributed by atoms with Gasteiger partial charge in [-0.15, -0.1) is 0 Å². The van der Waals surface area contributed by atoms with Crippen molar-refractivity contribution in [3.63, 3.8) is 0 Å². The number of amides is 2. The van der Waals surface area contributed by atoms with Crippen LogP contribution in [0.1, 0.15) is 10.4 Å². The Bertz CT molecular complexity index is 1360. The van der Waals surface area contributed by atoms with Crippen LogP contribution in [0.3, 0.4) is 0 Å². The summed E-state index contributed by atoms with van der Waals surface area (Å²) in [5.74, 6) is 0.276. The lowest BCUT2D eigenvalue weighted by Gasteiger charge is -2.11. The fourth-order valence-corrected chi connectivity index (χ4v) is 3.12. The normalized spacial score (nSPS) is 10.5. The first-order valence-electron chi connectivity index (χ1n) is 10.0. The van der Waals surface area contributed by atoms with E-state index < -0.39 is 5.63 Å². The van der Waals surface area contributed by atoms with Crippen LogP contribution in [0.4, 0.5) is 11.4 Å². The van der Waals surface area contributed by atoms with E-state index in [0.717, 1.165) is 5.39 Å². The van der Waals surface area contributed by atoms with Gasteiger partial charge in [-0.3, -0.25) is 9.59 Å². The van der Waals surface area contributed by atoms with Crippen LogP contribution >= 0.6 is 0 Å². The summed E-state index contributed by atoms with van der Waals surface area (Å²) in [6, 6.07) is 21.5. The number of rotatable bonds is 7. The molecule has 4 aromatic rings. The highest BCUT2D eigenvalue weighted by atomic mass is 16.5. The molecule has 1 aromatic heterocycles. The fraction of sp³-hybridized carbons (Fsp3) is 0.0800. The molecule has 0 saturated carbocycles. The summed E-state index contributed by atoms with van der Waals surface area (Å²) < 4.78 is 15.8. The van der Waals surface area contributed by atoms with Crippen molar-refractivity contribution in [3.8, 4) is 11.5 Å². The topological polar surface area (TPSA) is 107 Å². The third-order valence-electron chi connectivity index (χ3n) is 4.75. The Hall–Kier alpha value is -4.59. The van der Waals surface area contributed by atoms with Crippen LogP contribution in [-0.4, -0.2) is 25.5 Å². The number of carbonyl (C=O) groups excluding carboxylic acids is 2. The summed E-state index contributed by atoms with van der Waals surface area (Å²) in [6.07, 6.45) is 0. The van der Waals surface area contributed by atoms with Crippen molar-refractivity contribution in [2.75, 3.05) is 24.4 Å². The number of carbonyl (C=O) groups is 2. The minimum atomic E-state index is -0.461. The molecule has 2 N–H and O–H groups in total. The van der Waals surface area contributed by atoms with Gasteiger partial charge in [0.15, 0.2) is 6.61 Å². The van der Waals surface area contributed by atoms with E-state index in [1.165, 1.54) is 13.2 Å². The van der Waals surface area contributed by atoms with Crippen LogP contribution in [0.5, 0.6) is 11.5 Å². The van der Waals surface area contributed by atoms with Crippen LogP contribution in [-0.2, 0) is 4.79 Å². The molecule has 0 fully saturated rings. The van der Waals surface area contributed by atoms with Gasteiger partial charge in [0.25, 0.3) is 11.8 Å². The molecule has 0 spiro atoms. The van der Waals surface area contributed by atoms with E-state index in [4.69, 9.17) is 13.9 Å². The van der Waals surface area contributed by atoms with Gasteiger partial charge in [0.1, 0.15) is 17.1 Å². The smallest absolute Gasteiger partial charge is 0.336 e. The van der Waals surface area contributed by atoms with Crippen LogP contribution in [0.2, 0.25) is 0 Å². The highest BCUT2D eigenvalue weighted by molar-refractivity contribution is 6.05. The van der Waals surface area contributed by atoms with Crippen molar-refractivity contribution in [3.05, 3.63) is 94.8 Å². The predicted octanol–water partition coefficient (Wildman–Crippen LogP) is 4.07. The largest absolute Gasteiger partial charge is 0.495 e. The number of fused-ring (bicyclic) bond motifs is 1. The molecular weight excluding hydrogens is 424 g/mol. The molecular formula is C25H20N2O6. The maximum Gasteiger partial charge on any atom is 0.336 e. The molecule has 0 unspecified atom stereocenters. The van der Waals surface area contributed by atoms with Crippen LogP contribution in [0, 0.1) is 0 Å². The van der Waals surface area contributed by atoms with Gasteiger partial charge < -0.3 is 24.5 Å². The zero-order valence-electron chi connectivity index (χ0n) is 17.7. The number of para-hydroxylation sites is 2. The Kier molecular flexibility index (Phi) is 6.36. The monoisotopic (exact) mass is 444 g/mol. The molecule has 4 rings (SSSR count). The zero-order valence-corrected chi connectivity index (χ0v) is 17.7. The summed E-state index contributed by atoms with van der Waals surface area (Å²) in [6.45, 7) is -0.237. The van der Waals surface area contributed by atoms with Gasteiger partial charge in [-0.1, -0.05) is 12.1 Å². The second-order valence-electron chi connectivity index (χ2n) is 7.02. The van der Waals surface area contributed by atoms with Crippen LogP contribution in [0.25, 0.3) is 11.0 Å². The van der Waals surface area contributed by atoms with E-state index in [-0.39, 0.29) is 18.4 Å². The van der Waals surface area contributed by atoms with E-state index in [1.807, 2.05) is 6.07 Å². The number of ether oxygens (including phenoxy) is 2. The molecule has 0 saturated heterocycles. The molecule has 8 nitrogen and oxygen atoms in total. The standard InChI is InChI=1S/C25H20N2O6/c1-31-21-5-3-2-4-20(21)27-25(30)17-6-10-18(11-7-17)26-23(28)15-32-19-12-8-16-9-13-24(29)33-22(16)14-19/h2-14H,15H2,1H3,(H,26,28)(H,27,30). The fourth-order valence-electron chi connectivity index (χ4n) is 3.12. The van der Waals surface area contributed by atoms with Gasteiger partial charge in [0.2, 0.25) is 0 Å². The number of anilines is 2. The SMILES string of the molecule is COc1ccccc1NC(=O)c1ccc(NC(=O)COc2ccc3ccc(=O)oc3c2)cc1. The van der Waals surface area contributed by atoms with E-state index in [9.17, 15) is 14.4 Å². The number of nitrogens with one attached hydrogen (secondary N) is 2. The first-order chi connectivity index (χ1) is 16.0. The molecule has 0 bridgehead atoms. The third kappa shape index (κ3) is 5.37. The molecule has 2 amide bonds. The van der Waals surface area contributed by atoms with Crippen molar-refractivity contribution in [1.29, 1.82) is 0 Å². The molecule has 0 aliphatic carbocycles. The molecule has 0 aliphatic heterocycles. The summed E-state index contributed by atoms with van der Waals surface area (Å²) in [5, 5.41) is 6.25. The van der Waals surface area contributed by atoms with Crippen molar-refractivity contribution >= 4 is 34.2 Å². The highest BCUT2D eigenvalue weighted by Gasteiger charge is 2.10. The summed E-state index contributed by atoms with van der Waals surface area (Å²) in [5.41, 5.74) is 1.42. The van der Waals surface area contributed by atoms with Gasteiger partial charge in [-0.05, 0) is 54.6 Å². The number of hydrogen-bond acceptors (Lipinski definition) is 6. The summed E-state index contributed by atoms with van der Waals surface area (Å²) in [7, 11) is 1.53. The molecule has 8 heteroatoms. The second-order valence-corrected chi connectivity index (χ2v) is 7.02. The van der Waals surface area contributed by atoms with Gasteiger partial charge >= 0.3 is 5.63 Å². The molecule has 3 aromatic carbocycles. The van der Waals surface area contributed by atoms with Gasteiger partial charge in [0.05, 0.1) is 12.8 Å². The average molecular weight is 444 g/mol. The van der Waals surface area contributed by atoms with E-state index >= 15 is 0 Å². The van der Waals surface area contributed by atoms with Crippen molar-refractivity contribution < 1.29 is 23.5 Å². The number of methoxy groups -OCH3 is 1. The third-order valence-corrected chi connectivity index (χ3v) is 4.75. The van der Waals surface area contributed by atoms with Crippen LogP contribution < -0.4 is 25.7 Å². The van der Waals surface area contributed by atoms with Crippen LogP contribution in [0.15, 0.2) is 88.1 Å². The maximum absolute atomic E-state index is 12.5. The molecule has 1 heterocycles. The lowest BCUT2D eigenvalue weighted by atomic mass is 10.2. The Morgan fingerprint density at radius 2 is 1.67 bits per heavy atom. The Balaban J connectivity index is 1.33. The lowest BCUT2D eigenvalue weighted by Crippen LogP contribution is -2.20. The minimum absolute atomic E-state index is 0.237. The van der Waals surface area contributed by atoms with Crippen molar-refractivity contribution in [2.45, 2.75) is 0 Å². The van der Waals surface area contributed by atoms with Crippen molar-refractivity contribution in [1.82, 2.24) is 0 Å². The number of benzene rings is 3. The molecule has 166 valence electrons. The minimum Gasteiger partial charge on any atom is -0.495 e. The second kappa shape index (κ2) is 9.69. The molecule has 33 heavy (non-hydrogen) atoms. The zero-order chi connectivity index (χ0) is 23.2. The van der Waals surface area contributed by atoms with E-state index in [1.54, 1.807) is 66.7 Å². The summed E-state index contributed by atoms with van der Waals surface area (Å²) in [4.78, 5) is 36.1. The van der Waals surface area contributed by atoms with Gasteiger partial charge in [-0.25, -0.2) is 4.79 Å². The Morgan fingerprint density at radius 3 is 2.45 bits per heavy atom. The maximum atomic E-state index is 12.5. The van der Waals surface area contributed by atoms with E-state index in [2.05, 4.69) is 10.6 Å². The summed E-state index contributed by atoms with van der Waals surface area (Å²) >= 11 is 0. The van der Waals surface area contributed by atoms with E-state index in [0.29, 0.717) is 34.0 Å². The Morgan fingerprint density at radius 1 is 0.909 bits per heavy atom. The number of hydrogen-bond donors (Lipinski definition) is 2. The quantitative estimate of drug-likeness (QED) is 0.416. The predicted molar refractivity (Wildman–Crippen MR) is 124 cm³/mol. The van der Waals surface area contributed by atoms with Crippen molar-refractivity contribution in [2.24, 2.45) is 0 Å². The van der Waals surface area contributed by atoms with Gasteiger partial charge in [-0.2, -0.15) is 0 Å². The molecule has 0 aliphatic rings. The molecule has 0 atom stereocenters. The average Bonchev–Trinajstić information content (AvgIpc) is 2.83. The molecule has 0 radical (unpaired) electrons. The first-order valence-corrected chi connectivity index (χ1v) is 10.0. The first kappa shape index (κ1) is 21.6. The lowest BCUT2D eigenvalue weighted by molar-refractivity contribution is -0.118. The Labute approximate surface area is 188 Å².